The van der Waals surface area contributed by atoms with E-state index in [1.54, 1.807) is 16.8 Å². The van der Waals surface area contributed by atoms with Crippen molar-refractivity contribution < 1.29 is 4.79 Å². The molecule has 0 rings (SSSR count). The average molecular weight is 183 g/mol. The molecule has 0 unspecified atom stereocenters. The van der Waals surface area contributed by atoms with E-state index in [9.17, 15) is 4.79 Å². The Morgan fingerprint density at radius 3 is 2.31 bits per heavy atom. The highest BCUT2D eigenvalue weighted by atomic mass is 16.2. The summed E-state index contributed by atoms with van der Waals surface area (Å²) in [6.45, 7) is 5.82. The number of nitrogens with zero attached hydrogens (tertiary/aromatic N) is 3. The molecule has 0 spiro atoms. The first kappa shape index (κ1) is 11.8. The monoisotopic (exact) mass is 183 g/mol. The van der Waals surface area contributed by atoms with Crippen LogP contribution >= 0.6 is 0 Å². The highest BCUT2D eigenvalue weighted by Gasteiger charge is 2.13. The van der Waals surface area contributed by atoms with Crippen LogP contribution < -0.4 is 0 Å². The predicted molar refractivity (Wildman–Crippen MR) is 51.2 cm³/mol. The molecule has 0 atom stereocenters. The van der Waals surface area contributed by atoms with Crippen LogP contribution in [0.25, 0.3) is 0 Å². The van der Waals surface area contributed by atoms with Gasteiger partial charge in [-0.25, -0.2) is 4.79 Å². The first-order chi connectivity index (χ1) is 6.17. The van der Waals surface area contributed by atoms with Gasteiger partial charge in [-0.3, -0.25) is 0 Å². The van der Waals surface area contributed by atoms with E-state index < -0.39 is 0 Å². The maximum Gasteiger partial charge on any atom is 0.319 e. The number of rotatable bonds is 4. The van der Waals surface area contributed by atoms with Crippen LogP contribution in [0.4, 0.5) is 4.79 Å². The first-order valence-electron chi connectivity index (χ1n) is 4.54. The molecule has 0 aromatic rings. The predicted octanol–water partition coefficient (Wildman–Crippen LogP) is 1.29. The minimum absolute atomic E-state index is 0.000231. The molecule has 2 amide bonds. The number of carbonyl (C=O) groups excluding carboxylic acids is 1. The molecule has 4 heteroatoms. The number of urea groups is 1. The van der Waals surface area contributed by atoms with E-state index in [2.05, 4.69) is 0 Å². The standard InChI is InChI=1S/C9H17N3O/c1-4-12(5-2)9(13)11(3)8-6-7-10/h4-6,8H2,1-3H3. The summed E-state index contributed by atoms with van der Waals surface area (Å²) in [6, 6.07) is 2.02. The van der Waals surface area contributed by atoms with Gasteiger partial charge in [-0.1, -0.05) is 0 Å². The Kier molecular flexibility index (Phi) is 5.69. The zero-order valence-corrected chi connectivity index (χ0v) is 8.58. The van der Waals surface area contributed by atoms with E-state index in [1.807, 2.05) is 19.9 Å². The smallest absolute Gasteiger partial charge is 0.319 e. The third-order valence-corrected chi connectivity index (χ3v) is 1.92. The van der Waals surface area contributed by atoms with Gasteiger partial charge in [0.1, 0.15) is 0 Å². The lowest BCUT2D eigenvalue weighted by molar-refractivity contribution is 0.168. The van der Waals surface area contributed by atoms with Gasteiger partial charge >= 0.3 is 6.03 Å². The molecule has 0 aliphatic heterocycles. The lowest BCUT2D eigenvalue weighted by atomic mass is 10.4. The maximum atomic E-state index is 11.6. The van der Waals surface area contributed by atoms with Crippen molar-refractivity contribution in [2.24, 2.45) is 0 Å². The zero-order chi connectivity index (χ0) is 10.3. The van der Waals surface area contributed by atoms with Crippen molar-refractivity contribution in [3.8, 4) is 6.07 Å². The Morgan fingerprint density at radius 1 is 1.38 bits per heavy atom. The zero-order valence-electron chi connectivity index (χ0n) is 8.58. The van der Waals surface area contributed by atoms with E-state index in [-0.39, 0.29) is 6.03 Å². The van der Waals surface area contributed by atoms with E-state index in [0.29, 0.717) is 26.1 Å². The lowest BCUT2D eigenvalue weighted by Gasteiger charge is -2.25. The molecule has 0 fully saturated rings. The molecule has 0 aliphatic rings. The summed E-state index contributed by atoms with van der Waals surface area (Å²) >= 11 is 0. The van der Waals surface area contributed by atoms with Gasteiger partial charge in [0, 0.05) is 26.7 Å². The topological polar surface area (TPSA) is 47.3 Å². The fourth-order valence-corrected chi connectivity index (χ4v) is 1.05. The van der Waals surface area contributed by atoms with Gasteiger partial charge in [-0.2, -0.15) is 5.26 Å². The minimum atomic E-state index is 0.000231. The number of hydrogen-bond donors (Lipinski definition) is 0. The summed E-state index contributed by atoms with van der Waals surface area (Å²) in [5, 5.41) is 8.35. The van der Waals surface area contributed by atoms with Crippen LogP contribution in [0.2, 0.25) is 0 Å². The second-order valence-electron chi connectivity index (χ2n) is 2.78. The molecule has 74 valence electrons. The SMILES string of the molecule is CCN(CC)C(=O)N(C)CCC#N. The summed E-state index contributed by atoms with van der Waals surface area (Å²) in [5.41, 5.74) is 0. The van der Waals surface area contributed by atoms with Crippen LogP contribution in [-0.4, -0.2) is 42.5 Å². The Labute approximate surface area is 79.7 Å². The molecule has 0 heterocycles. The summed E-state index contributed by atoms with van der Waals surface area (Å²) in [6.07, 6.45) is 0.392. The lowest BCUT2D eigenvalue weighted by Crippen LogP contribution is -2.41. The molecule has 0 saturated heterocycles. The third kappa shape index (κ3) is 3.79. The van der Waals surface area contributed by atoms with E-state index in [4.69, 9.17) is 5.26 Å². The Morgan fingerprint density at radius 2 is 1.92 bits per heavy atom. The van der Waals surface area contributed by atoms with E-state index in [0.717, 1.165) is 0 Å². The first-order valence-corrected chi connectivity index (χ1v) is 4.54. The average Bonchev–Trinajstić information content (AvgIpc) is 2.15. The van der Waals surface area contributed by atoms with Crippen molar-refractivity contribution >= 4 is 6.03 Å². The molecule has 0 N–H and O–H groups in total. The fourth-order valence-electron chi connectivity index (χ4n) is 1.05. The van der Waals surface area contributed by atoms with Crippen LogP contribution in [0.1, 0.15) is 20.3 Å². The number of carbonyl (C=O) groups is 1. The van der Waals surface area contributed by atoms with Crippen LogP contribution in [0.15, 0.2) is 0 Å². The van der Waals surface area contributed by atoms with Crippen LogP contribution in [0.5, 0.6) is 0 Å². The van der Waals surface area contributed by atoms with Gasteiger partial charge in [-0.05, 0) is 13.8 Å². The third-order valence-electron chi connectivity index (χ3n) is 1.92. The number of amides is 2. The minimum Gasteiger partial charge on any atom is -0.327 e. The normalized spacial score (nSPS) is 9.08. The summed E-state index contributed by atoms with van der Waals surface area (Å²) in [5.74, 6) is 0. The number of nitriles is 1. The van der Waals surface area contributed by atoms with Gasteiger partial charge in [0.2, 0.25) is 0 Å². The Bertz CT molecular complexity index is 194. The van der Waals surface area contributed by atoms with Crippen molar-refractivity contribution in [2.75, 3.05) is 26.7 Å². The second kappa shape index (κ2) is 6.30. The van der Waals surface area contributed by atoms with E-state index in [1.165, 1.54) is 0 Å². The highest BCUT2D eigenvalue weighted by molar-refractivity contribution is 5.74. The molecule has 0 aromatic carbocycles. The van der Waals surface area contributed by atoms with Crippen molar-refractivity contribution in [2.45, 2.75) is 20.3 Å². The molecular weight excluding hydrogens is 166 g/mol. The fraction of sp³-hybridized carbons (Fsp3) is 0.778. The Hall–Kier alpha value is -1.24. The quantitative estimate of drug-likeness (QED) is 0.659. The Balaban J connectivity index is 4.00. The van der Waals surface area contributed by atoms with Gasteiger partial charge in [0.05, 0.1) is 12.5 Å². The van der Waals surface area contributed by atoms with Crippen molar-refractivity contribution in [3.05, 3.63) is 0 Å². The molecule has 0 bridgehead atoms. The summed E-state index contributed by atoms with van der Waals surface area (Å²) in [4.78, 5) is 14.9. The van der Waals surface area contributed by atoms with Crippen molar-refractivity contribution in [3.63, 3.8) is 0 Å². The summed E-state index contributed by atoms with van der Waals surface area (Å²) in [7, 11) is 1.72. The molecule has 0 radical (unpaired) electrons. The van der Waals surface area contributed by atoms with Crippen molar-refractivity contribution in [1.82, 2.24) is 9.80 Å². The maximum absolute atomic E-state index is 11.6. The van der Waals surface area contributed by atoms with Crippen LogP contribution in [-0.2, 0) is 0 Å². The van der Waals surface area contributed by atoms with Crippen molar-refractivity contribution in [1.29, 1.82) is 5.26 Å². The van der Waals surface area contributed by atoms with Crippen LogP contribution in [0.3, 0.4) is 0 Å². The largest absolute Gasteiger partial charge is 0.327 e. The van der Waals surface area contributed by atoms with Gasteiger partial charge in [0.15, 0.2) is 0 Å². The van der Waals surface area contributed by atoms with Gasteiger partial charge in [-0.15, -0.1) is 0 Å². The molecule has 13 heavy (non-hydrogen) atoms. The molecule has 4 nitrogen and oxygen atoms in total. The second-order valence-corrected chi connectivity index (χ2v) is 2.78. The summed E-state index contributed by atoms with van der Waals surface area (Å²) < 4.78 is 0. The van der Waals surface area contributed by atoms with Crippen LogP contribution in [0, 0.1) is 11.3 Å². The van der Waals surface area contributed by atoms with Gasteiger partial charge in [0.25, 0.3) is 0 Å². The molecule has 0 aliphatic carbocycles. The molecule has 0 saturated carbocycles. The van der Waals surface area contributed by atoms with Gasteiger partial charge < -0.3 is 9.80 Å². The number of hydrogen-bond acceptors (Lipinski definition) is 2. The van der Waals surface area contributed by atoms with E-state index >= 15 is 0 Å². The highest BCUT2D eigenvalue weighted by Crippen LogP contribution is 1.96. The molecular formula is C9H17N3O. The molecule has 0 aromatic heterocycles.